The first kappa shape index (κ1) is 17.4. The summed E-state index contributed by atoms with van der Waals surface area (Å²) in [7, 11) is 0. The first-order chi connectivity index (χ1) is 13.6. The molecule has 144 valence electrons. The van der Waals surface area contributed by atoms with Crippen molar-refractivity contribution in [3.05, 3.63) is 64.5 Å². The van der Waals surface area contributed by atoms with Crippen LogP contribution in [-0.4, -0.2) is 33.2 Å². The van der Waals surface area contributed by atoms with Gasteiger partial charge in [0.1, 0.15) is 17.3 Å². The van der Waals surface area contributed by atoms with Gasteiger partial charge in [-0.25, -0.2) is 9.37 Å². The van der Waals surface area contributed by atoms with Crippen molar-refractivity contribution in [3.8, 4) is 10.6 Å². The van der Waals surface area contributed by atoms with E-state index in [1.807, 2.05) is 19.1 Å². The summed E-state index contributed by atoms with van der Waals surface area (Å²) in [5.74, 6) is 1.11. The molecule has 1 aromatic carbocycles. The van der Waals surface area contributed by atoms with Crippen LogP contribution in [0.15, 0.2) is 41.7 Å². The van der Waals surface area contributed by atoms with Gasteiger partial charge in [-0.2, -0.15) is 5.10 Å². The van der Waals surface area contributed by atoms with Gasteiger partial charge in [0.2, 0.25) is 0 Å². The quantitative estimate of drug-likeness (QED) is 0.700. The molecule has 0 atom stereocenters. The van der Waals surface area contributed by atoms with Crippen LogP contribution in [0, 0.1) is 19.7 Å². The highest BCUT2D eigenvalue weighted by Crippen LogP contribution is 2.42. The molecule has 1 aliphatic carbocycles. The molecule has 0 spiro atoms. The predicted molar refractivity (Wildman–Crippen MR) is 110 cm³/mol. The zero-order valence-corrected chi connectivity index (χ0v) is 16.8. The van der Waals surface area contributed by atoms with Gasteiger partial charge in [-0.05, 0) is 56.0 Å². The van der Waals surface area contributed by atoms with Crippen molar-refractivity contribution in [2.24, 2.45) is 0 Å². The van der Waals surface area contributed by atoms with Crippen LogP contribution in [0.1, 0.15) is 29.8 Å². The van der Waals surface area contributed by atoms with E-state index in [0.717, 1.165) is 65.1 Å². The van der Waals surface area contributed by atoms with Crippen LogP contribution in [0.2, 0.25) is 0 Å². The number of rotatable bonds is 4. The summed E-state index contributed by atoms with van der Waals surface area (Å²) >= 11 is 1.70. The first-order valence-corrected chi connectivity index (χ1v) is 10.4. The molecule has 2 aliphatic rings. The Morgan fingerprint density at radius 1 is 1.14 bits per heavy atom. The monoisotopic (exact) mass is 395 g/mol. The maximum Gasteiger partial charge on any atom is 0.191 e. The van der Waals surface area contributed by atoms with Gasteiger partial charge in [0, 0.05) is 25.3 Å². The lowest BCUT2D eigenvalue weighted by atomic mass is 10.2. The molecule has 7 heteroatoms. The van der Waals surface area contributed by atoms with Gasteiger partial charge in [-0.3, -0.25) is 5.10 Å². The minimum absolute atomic E-state index is 0.188. The van der Waals surface area contributed by atoms with Gasteiger partial charge < -0.3 is 9.80 Å². The number of H-pyrrole nitrogens is 1. The molecule has 28 heavy (non-hydrogen) atoms. The van der Waals surface area contributed by atoms with Crippen molar-refractivity contribution in [1.82, 2.24) is 20.1 Å². The van der Waals surface area contributed by atoms with Crippen molar-refractivity contribution >= 4 is 16.5 Å². The lowest BCUT2D eigenvalue weighted by Crippen LogP contribution is -2.23. The molecule has 3 aromatic rings. The minimum atomic E-state index is -0.188. The molecular formula is C21H22FN5S. The number of hydrogen-bond acceptors (Lipinski definition) is 5. The number of benzene rings is 1. The topological polar surface area (TPSA) is 48.1 Å². The summed E-state index contributed by atoms with van der Waals surface area (Å²) in [5.41, 5.74) is 5.65. The van der Waals surface area contributed by atoms with Crippen molar-refractivity contribution in [2.75, 3.05) is 18.0 Å². The van der Waals surface area contributed by atoms with Crippen LogP contribution < -0.4 is 4.90 Å². The van der Waals surface area contributed by atoms with E-state index in [1.165, 1.54) is 23.5 Å². The number of halogens is 1. The summed E-state index contributed by atoms with van der Waals surface area (Å²) < 4.78 is 13.2. The van der Waals surface area contributed by atoms with Gasteiger partial charge in [-0.1, -0.05) is 23.5 Å². The molecule has 0 unspecified atom stereocenters. The number of nitrogens with one attached hydrogen (secondary N) is 1. The number of anilines is 1. The van der Waals surface area contributed by atoms with Crippen LogP contribution in [0.5, 0.6) is 0 Å². The van der Waals surface area contributed by atoms with Crippen LogP contribution in [0.3, 0.4) is 0 Å². The third kappa shape index (κ3) is 3.20. The Morgan fingerprint density at radius 3 is 2.61 bits per heavy atom. The van der Waals surface area contributed by atoms with Crippen molar-refractivity contribution in [2.45, 2.75) is 33.2 Å². The Balaban J connectivity index is 1.43. The molecule has 3 heterocycles. The minimum Gasteiger partial charge on any atom is -0.352 e. The molecule has 1 N–H and O–H groups in total. The second-order valence-corrected chi connectivity index (χ2v) is 8.45. The van der Waals surface area contributed by atoms with E-state index in [4.69, 9.17) is 4.98 Å². The fourth-order valence-corrected chi connectivity index (χ4v) is 4.78. The maximum atomic E-state index is 13.2. The van der Waals surface area contributed by atoms with Crippen LogP contribution >= 0.6 is 11.3 Å². The van der Waals surface area contributed by atoms with Crippen molar-refractivity contribution in [3.63, 3.8) is 0 Å². The molecule has 5 rings (SSSR count). The maximum absolute atomic E-state index is 13.2. The zero-order valence-electron chi connectivity index (χ0n) is 16.0. The molecule has 5 nitrogen and oxygen atoms in total. The summed E-state index contributed by atoms with van der Waals surface area (Å²) in [6.07, 6.45) is 2.31. The average molecular weight is 396 g/mol. The lowest BCUT2D eigenvalue weighted by Gasteiger charge is -2.23. The highest BCUT2D eigenvalue weighted by atomic mass is 32.1. The van der Waals surface area contributed by atoms with Gasteiger partial charge in [0.25, 0.3) is 0 Å². The lowest BCUT2D eigenvalue weighted by molar-refractivity contribution is 0.389. The van der Waals surface area contributed by atoms with E-state index in [1.54, 1.807) is 11.3 Å². The number of nitrogens with zero attached hydrogens (tertiary/aromatic N) is 4. The first-order valence-electron chi connectivity index (χ1n) is 9.57. The fraction of sp³-hybridized carbons (Fsp3) is 0.333. The van der Waals surface area contributed by atoms with E-state index in [2.05, 4.69) is 33.0 Å². The fourth-order valence-electron chi connectivity index (χ4n) is 3.72. The number of aromatic amines is 1. The third-order valence-electron chi connectivity index (χ3n) is 5.21. The second kappa shape index (κ2) is 6.74. The predicted octanol–water partition coefficient (Wildman–Crippen LogP) is 4.62. The Bertz CT molecular complexity index is 1040. The van der Waals surface area contributed by atoms with E-state index < -0.39 is 0 Å². The number of aromatic nitrogens is 3. The smallest absolute Gasteiger partial charge is 0.191 e. The van der Waals surface area contributed by atoms with Crippen LogP contribution in [0.4, 0.5) is 9.52 Å². The Kier molecular flexibility index (Phi) is 4.19. The van der Waals surface area contributed by atoms with Gasteiger partial charge >= 0.3 is 0 Å². The van der Waals surface area contributed by atoms with Crippen LogP contribution in [-0.2, 0) is 6.54 Å². The highest BCUT2D eigenvalue weighted by molar-refractivity contribution is 7.19. The second-order valence-electron chi connectivity index (χ2n) is 7.47. The van der Waals surface area contributed by atoms with Gasteiger partial charge in [0.05, 0.1) is 10.6 Å². The summed E-state index contributed by atoms with van der Waals surface area (Å²) in [6.45, 7) is 6.73. The highest BCUT2D eigenvalue weighted by Gasteiger charge is 2.34. The number of aryl methyl sites for hydroxylation is 2. The number of hydrogen-bond donors (Lipinski definition) is 1. The summed E-state index contributed by atoms with van der Waals surface area (Å²) in [5, 5.41) is 8.46. The Labute approximate surface area is 167 Å². The SMILES string of the molecule is Cc1cc(-c2sc(N3CCN(Cc4ccc(F)cc4)C3=C3CC3)nc2C)n[nH]1. The Hall–Kier alpha value is -2.67. The molecule has 0 amide bonds. The molecule has 1 aliphatic heterocycles. The molecule has 0 radical (unpaired) electrons. The number of allylic oxidation sites excluding steroid dienone is 1. The molecule has 1 saturated carbocycles. The molecule has 2 aromatic heterocycles. The third-order valence-corrected chi connectivity index (χ3v) is 6.41. The zero-order chi connectivity index (χ0) is 19.3. The van der Waals surface area contributed by atoms with Gasteiger partial charge in [-0.15, -0.1) is 0 Å². The van der Waals surface area contributed by atoms with E-state index in [9.17, 15) is 4.39 Å². The Morgan fingerprint density at radius 2 is 1.93 bits per heavy atom. The van der Waals surface area contributed by atoms with Gasteiger partial charge in [0.15, 0.2) is 5.13 Å². The van der Waals surface area contributed by atoms with E-state index in [0.29, 0.717) is 0 Å². The standard InChI is InChI=1S/C21H22FN5S/c1-13-11-18(25-24-13)19-14(2)23-21(28-19)27-10-9-26(20(27)16-5-6-16)12-15-3-7-17(22)8-4-15/h3-4,7-8,11H,5-6,9-10,12H2,1-2H3,(H,24,25). The van der Waals surface area contributed by atoms with E-state index in [-0.39, 0.29) is 5.82 Å². The molecule has 0 bridgehead atoms. The molecule has 1 saturated heterocycles. The van der Waals surface area contributed by atoms with Crippen molar-refractivity contribution in [1.29, 1.82) is 0 Å². The molecular weight excluding hydrogens is 373 g/mol. The van der Waals surface area contributed by atoms with Crippen molar-refractivity contribution < 1.29 is 4.39 Å². The largest absolute Gasteiger partial charge is 0.352 e. The van der Waals surface area contributed by atoms with Crippen LogP contribution in [0.25, 0.3) is 10.6 Å². The molecule has 2 fully saturated rings. The van der Waals surface area contributed by atoms with E-state index >= 15 is 0 Å². The number of thiazole rings is 1. The normalized spacial score (nSPS) is 16.4. The average Bonchev–Trinajstić information content (AvgIpc) is 3.09. The summed E-state index contributed by atoms with van der Waals surface area (Å²) in [4.78, 5) is 10.8. The summed E-state index contributed by atoms with van der Waals surface area (Å²) in [6, 6.07) is 8.89.